The third kappa shape index (κ3) is 1.85. The highest BCUT2D eigenvalue weighted by Gasteiger charge is 2.23. The summed E-state index contributed by atoms with van der Waals surface area (Å²) < 4.78 is 22.1. The first-order valence-electron chi connectivity index (χ1n) is 5.95. The number of rotatable bonds is 2. The zero-order valence-electron chi connectivity index (χ0n) is 10.8. The Morgan fingerprint density at radius 2 is 1.26 bits per heavy atom. The third-order valence-electron chi connectivity index (χ3n) is 3.09. The van der Waals surface area contributed by atoms with E-state index in [0.29, 0.717) is 0 Å². The Morgan fingerprint density at radius 1 is 0.789 bits per heavy atom. The maximum absolute atomic E-state index is 5.62. The molecule has 0 radical (unpaired) electrons. The van der Waals surface area contributed by atoms with Gasteiger partial charge in [-0.25, -0.2) is 0 Å². The van der Waals surface area contributed by atoms with Crippen LogP contribution >= 0.6 is 0 Å². The monoisotopic (exact) mass is 258 g/mol. The van der Waals surface area contributed by atoms with Crippen LogP contribution in [0.15, 0.2) is 36.4 Å². The van der Waals surface area contributed by atoms with E-state index in [2.05, 4.69) is 0 Å². The lowest BCUT2D eigenvalue weighted by Gasteiger charge is -2.14. The molecule has 98 valence electrons. The summed E-state index contributed by atoms with van der Waals surface area (Å²) in [5, 5.41) is 0. The topological polar surface area (TPSA) is 36.9 Å². The summed E-state index contributed by atoms with van der Waals surface area (Å²) in [7, 11) is 3.27. The molecule has 0 saturated heterocycles. The molecule has 1 aliphatic heterocycles. The SMILES string of the molecule is COc1cccc2c1-c1c(OC)cccc1OCO2. The second-order valence-corrected chi connectivity index (χ2v) is 4.07. The summed E-state index contributed by atoms with van der Waals surface area (Å²) >= 11 is 0. The normalized spacial score (nSPS) is 12.3. The van der Waals surface area contributed by atoms with Gasteiger partial charge >= 0.3 is 0 Å². The lowest BCUT2D eigenvalue weighted by atomic mass is 10.0. The second kappa shape index (κ2) is 4.72. The number of ether oxygens (including phenoxy) is 4. The molecule has 2 aromatic carbocycles. The Bertz CT molecular complexity index is 554. The van der Waals surface area contributed by atoms with E-state index in [0.717, 1.165) is 34.1 Å². The zero-order chi connectivity index (χ0) is 13.2. The van der Waals surface area contributed by atoms with Gasteiger partial charge in [0.1, 0.15) is 23.0 Å². The summed E-state index contributed by atoms with van der Waals surface area (Å²) in [6.07, 6.45) is 0. The molecule has 0 fully saturated rings. The summed E-state index contributed by atoms with van der Waals surface area (Å²) in [6, 6.07) is 11.3. The molecule has 0 spiro atoms. The van der Waals surface area contributed by atoms with E-state index in [1.54, 1.807) is 14.2 Å². The summed E-state index contributed by atoms with van der Waals surface area (Å²) in [6.45, 7) is 0.167. The van der Waals surface area contributed by atoms with Crippen molar-refractivity contribution >= 4 is 0 Å². The molecule has 0 unspecified atom stereocenters. The van der Waals surface area contributed by atoms with Crippen LogP contribution in [-0.2, 0) is 0 Å². The minimum atomic E-state index is 0.167. The van der Waals surface area contributed by atoms with E-state index in [1.165, 1.54) is 0 Å². The fraction of sp³-hybridized carbons (Fsp3) is 0.200. The summed E-state index contributed by atoms with van der Waals surface area (Å²) in [5.41, 5.74) is 1.71. The van der Waals surface area contributed by atoms with Crippen LogP contribution in [0, 0.1) is 0 Å². The fourth-order valence-electron chi connectivity index (χ4n) is 2.25. The molecular formula is C15H14O4. The van der Waals surface area contributed by atoms with E-state index < -0.39 is 0 Å². The lowest BCUT2D eigenvalue weighted by Crippen LogP contribution is -2.03. The maximum atomic E-state index is 5.62. The molecule has 0 amide bonds. The summed E-state index contributed by atoms with van der Waals surface area (Å²) in [5.74, 6) is 2.91. The Kier molecular flexibility index (Phi) is 2.91. The molecule has 4 heteroatoms. The van der Waals surface area contributed by atoms with Crippen LogP contribution < -0.4 is 18.9 Å². The number of fused-ring (bicyclic) bond motifs is 3. The van der Waals surface area contributed by atoms with Gasteiger partial charge in [-0.15, -0.1) is 0 Å². The van der Waals surface area contributed by atoms with Crippen molar-refractivity contribution in [1.82, 2.24) is 0 Å². The molecule has 0 bridgehead atoms. The molecule has 0 atom stereocenters. The number of methoxy groups -OCH3 is 2. The Balaban J connectivity index is 2.34. The van der Waals surface area contributed by atoms with E-state index >= 15 is 0 Å². The molecule has 0 saturated carbocycles. The van der Waals surface area contributed by atoms with Gasteiger partial charge in [0.2, 0.25) is 6.79 Å². The van der Waals surface area contributed by atoms with Crippen LogP contribution in [0.3, 0.4) is 0 Å². The van der Waals surface area contributed by atoms with Crippen LogP contribution in [0.1, 0.15) is 0 Å². The first-order valence-corrected chi connectivity index (χ1v) is 5.95. The van der Waals surface area contributed by atoms with E-state index in [9.17, 15) is 0 Å². The van der Waals surface area contributed by atoms with Crippen molar-refractivity contribution in [2.24, 2.45) is 0 Å². The Morgan fingerprint density at radius 3 is 1.68 bits per heavy atom. The van der Waals surface area contributed by atoms with Gasteiger partial charge in [0.15, 0.2) is 0 Å². The van der Waals surface area contributed by atoms with E-state index in [1.807, 2.05) is 36.4 Å². The zero-order valence-corrected chi connectivity index (χ0v) is 10.8. The molecule has 3 rings (SSSR count). The largest absolute Gasteiger partial charge is 0.496 e. The molecule has 1 heterocycles. The standard InChI is InChI=1S/C15H14O4/c1-16-10-5-3-7-12-14(10)15-11(17-2)6-4-8-13(15)19-9-18-12/h3-8H,9H2,1-2H3. The van der Waals surface area contributed by atoms with Gasteiger partial charge in [-0.05, 0) is 24.3 Å². The maximum Gasteiger partial charge on any atom is 0.230 e. The van der Waals surface area contributed by atoms with Crippen molar-refractivity contribution < 1.29 is 18.9 Å². The van der Waals surface area contributed by atoms with Crippen molar-refractivity contribution in [3.8, 4) is 34.1 Å². The minimum Gasteiger partial charge on any atom is -0.496 e. The van der Waals surface area contributed by atoms with Crippen molar-refractivity contribution in [3.05, 3.63) is 36.4 Å². The molecule has 0 aromatic heterocycles. The van der Waals surface area contributed by atoms with Crippen LogP contribution in [0.4, 0.5) is 0 Å². The molecule has 2 aromatic rings. The first kappa shape index (κ1) is 11.7. The Hall–Kier alpha value is -2.36. The van der Waals surface area contributed by atoms with E-state index in [4.69, 9.17) is 18.9 Å². The smallest absolute Gasteiger partial charge is 0.230 e. The number of hydrogen-bond acceptors (Lipinski definition) is 4. The van der Waals surface area contributed by atoms with Gasteiger partial charge in [0.05, 0.1) is 25.3 Å². The average molecular weight is 258 g/mol. The van der Waals surface area contributed by atoms with Gasteiger partial charge in [0.25, 0.3) is 0 Å². The quantitative estimate of drug-likeness (QED) is 0.829. The number of benzene rings is 2. The van der Waals surface area contributed by atoms with E-state index in [-0.39, 0.29) is 6.79 Å². The minimum absolute atomic E-state index is 0.167. The Labute approximate surface area is 111 Å². The van der Waals surface area contributed by atoms with Gasteiger partial charge in [0, 0.05) is 0 Å². The van der Waals surface area contributed by atoms with Gasteiger partial charge in [-0.1, -0.05) is 12.1 Å². The highest BCUT2D eigenvalue weighted by atomic mass is 16.7. The molecule has 0 N–H and O–H groups in total. The van der Waals surface area contributed by atoms with Crippen molar-refractivity contribution in [3.63, 3.8) is 0 Å². The third-order valence-corrected chi connectivity index (χ3v) is 3.09. The van der Waals surface area contributed by atoms with Crippen molar-refractivity contribution in [2.45, 2.75) is 0 Å². The molecule has 1 aliphatic rings. The van der Waals surface area contributed by atoms with Crippen molar-refractivity contribution in [2.75, 3.05) is 21.0 Å². The van der Waals surface area contributed by atoms with Crippen LogP contribution in [0.2, 0.25) is 0 Å². The first-order chi connectivity index (χ1) is 9.35. The van der Waals surface area contributed by atoms with Crippen molar-refractivity contribution in [1.29, 1.82) is 0 Å². The highest BCUT2D eigenvalue weighted by molar-refractivity contribution is 5.85. The van der Waals surface area contributed by atoms with Gasteiger partial charge < -0.3 is 18.9 Å². The molecule has 19 heavy (non-hydrogen) atoms. The van der Waals surface area contributed by atoms with Gasteiger partial charge in [-0.3, -0.25) is 0 Å². The summed E-state index contributed by atoms with van der Waals surface area (Å²) in [4.78, 5) is 0. The average Bonchev–Trinajstić information content (AvgIpc) is 2.65. The molecule has 4 nitrogen and oxygen atoms in total. The van der Waals surface area contributed by atoms with Gasteiger partial charge in [-0.2, -0.15) is 0 Å². The predicted molar refractivity (Wildman–Crippen MR) is 71.1 cm³/mol. The fourth-order valence-corrected chi connectivity index (χ4v) is 2.25. The molecular weight excluding hydrogens is 244 g/mol. The van der Waals surface area contributed by atoms with Crippen LogP contribution in [-0.4, -0.2) is 21.0 Å². The number of hydrogen-bond donors (Lipinski definition) is 0. The van der Waals surface area contributed by atoms with Crippen LogP contribution in [0.25, 0.3) is 11.1 Å². The predicted octanol–water partition coefficient (Wildman–Crippen LogP) is 3.10. The second-order valence-electron chi connectivity index (χ2n) is 4.07. The van der Waals surface area contributed by atoms with Crippen LogP contribution in [0.5, 0.6) is 23.0 Å². The highest BCUT2D eigenvalue weighted by Crippen LogP contribution is 2.48. The molecule has 0 aliphatic carbocycles. The lowest BCUT2D eigenvalue weighted by molar-refractivity contribution is 0.124.